The van der Waals surface area contributed by atoms with Crippen LogP contribution in [0.1, 0.15) is 22.8 Å². The van der Waals surface area contributed by atoms with Gasteiger partial charge in [-0.15, -0.1) is 0 Å². The first-order chi connectivity index (χ1) is 14.9. The van der Waals surface area contributed by atoms with Crippen LogP contribution in [-0.2, 0) is 4.79 Å². The molecule has 2 heterocycles. The highest BCUT2D eigenvalue weighted by molar-refractivity contribution is 5.98. The zero-order chi connectivity index (χ0) is 22.0. The molecule has 2 aromatic carbocycles. The van der Waals surface area contributed by atoms with Crippen LogP contribution in [0.5, 0.6) is 5.75 Å². The molecule has 0 aliphatic heterocycles. The van der Waals surface area contributed by atoms with Crippen molar-refractivity contribution in [3.63, 3.8) is 0 Å². The van der Waals surface area contributed by atoms with E-state index in [9.17, 15) is 14.4 Å². The lowest BCUT2D eigenvalue weighted by atomic mass is 10.1. The Morgan fingerprint density at radius 2 is 1.84 bits per heavy atom. The van der Waals surface area contributed by atoms with Crippen LogP contribution in [0.4, 0.5) is 5.69 Å². The molecule has 4 rings (SSSR count). The van der Waals surface area contributed by atoms with Crippen LogP contribution in [0.2, 0.25) is 0 Å². The van der Waals surface area contributed by atoms with Gasteiger partial charge in [-0.05, 0) is 61.0 Å². The lowest BCUT2D eigenvalue weighted by molar-refractivity contribution is -0.114. The van der Waals surface area contributed by atoms with Gasteiger partial charge in [0, 0.05) is 18.2 Å². The van der Waals surface area contributed by atoms with Gasteiger partial charge in [0.2, 0.25) is 22.8 Å². The molecule has 1 amide bonds. The maximum absolute atomic E-state index is 13.1. The van der Waals surface area contributed by atoms with Crippen LogP contribution >= 0.6 is 0 Å². The summed E-state index contributed by atoms with van der Waals surface area (Å²) in [5.41, 5.74) is 1.92. The fourth-order valence-electron chi connectivity index (χ4n) is 3.15. The minimum atomic E-state index is -0.388. The van der Waals surface area contributed by atoms with Crippen LogP contribution in [-0.4, -0.2) is 18.3 Å². The highest BCUT2D eigenvalue weighted by atomic mass is 16.5. The van der Waals surface area contributed by atoms with Gasteiger partial charge in [-0.25, -0.2) is 0 Å². The predicted octanol–water partition coefficient (Wildman–Crippen LogP) is 4.58. The fraction of sp³-hybridized carbons (Fsp3) is 0.125. The van der Waals surface area contributed by atoms with Gasteiger partial charge in [0.25, 0.3) is 0 Å². The number of nitrogens with one attached hydrogen (secondary N) is 1. The molecule has 0 spiro atoms. The summed E-state index contributed by atoms with van der Waals surface area (Å²) in [6.07, 6.45) is 1.46. The summed E-state index contributed by atoms with van der Waals surface area (Å²) >= 11 is 0. The molecule has 0 bridgehead atoms. The summed E-state index contributed by atoms with van der Waals surface area (Å²) < 4.78 is 17.0. The molecule has 0 aliphatic rings. The number of hydrogen-bond acceptors (Lipinski definition) is 6. The maximum Gasteiger partial charge on any atom is 0.235 e. The molecule has 0 atom stereocenters. The minimum absolute atomic E-state index is 0.0884. The molecular weight excluding hydrogens is 398 g/mol. The number of furan rings is 1. The molecule has 7 heteroatoms. The van der Waals surface area contributed by atoms with Gasteiger partial charge < -0.3 is 18.9 Å². The van der Waals surface area contributed by atoms with E-state index >= 15 is 0 Å². The molecule has 0 aliphatic carbocycles. The molecule has 0 unspecified atom stereocenters. The quantitative estimate of drug-likeness (QED) is 0.461. The van der Waals surface area contributed by atoms with E-state index in [1.54, 1.807) is 54.6 Å². The van der Waals surface area contributed by atoms with Crippen LogP contribution < -0.4 is 15.5 Å². The average molecular weight is 417 g/mol. The van der Waals surface area contributed by atoms with Gasteiger partial charge in [0.15, 0.2) is 18.2 Å². The molecule has 156 valence electrons. The lowest BCUT2D eigenvalue weighted by Gasteiger charge is -2.10. The lowest BCUT2D eigenvalue weighted by Crippen LogP contribution is -2.17. The number of aryl methyl sites for hydroxylation is 1. The summed E-state index contributed by atoms with van der Waals surface area (Å²) in [7, 11) is 0. The van der Waals surface area contributed by atoms with Crippen molar-refractivity contribution in [2.24, 2.45) is 0 Å². The fourth-order valence-corrected chi connectivity index (χ4v) is 3.15. The Labute approximate surface area is 177 Å². The van der Waals surface area contributed by atoms with E-state index < -0.39 is 0 Å². The number of benzene rings is 2. The first-order valence-electron chi connectivity index (χ1n) is 9.57. The van der Waals surface area contributed by atoms with E-state index in [1.165, 1.54) is 13.2 Å². The van der Waals surface area contributed by atoms with Crippen LogP contribution in [0, 0.1) is 6.92 Å². The minimum Gasteiger partial charge on any atom is -0.478 e. The molecule has 0 saturated heterocycles. The summed E-state index contributed by atoms with van der Waals surface area (Å²) in [5.74, 6) is -0.173. The van der Waals surface area contributed by atoms with Crippen molar-refractivity contribution in [1.82, 2.24) is 0 Å². The van der Waals surface area contributed by atoms with Gasteiger partial charge in [0.05, 0.1) is 11.6 Å². The third-order valence-corrected chi connectivity index (χ3v) is 4.63. The van der Waals surface area contributed by atoms with Crippen molar-refractivity contribution in [2.75, 3.05) is 11.9 Å². The largest absolute Gasteiger partial charge is 0.478 e. The molecule has 0 saturated carbocycles. The number of hydrogen-bond donors (Lipinski definition) is 1. The second-order valence-corrected chi connectivity index (χ2v) is 7.04. The van der Waals surface area contributed by atoms with Crippen LogP contribution in [0.3, 0.4) is 0 Å². The number of ketones is 1. The zero-order valence-electron chi connectivity index (χ0n) is 16.9. The zero-order valence-corrected chi connectivity index (χ0v) is 16.9. The van der Waals surface area contributed by atoms with Crippen LogP contribution in [0.15, 0.2) is 74.5 Å². The number of ether oxygens (including phenoxy) is 1. The molecule has 0 radical (unpaired) electrons. The van der Waals surface area contributed by atoms with E-state index in [0.29, 0.717) is 28.0 Å². The molecule has 0 fully saturated rings. The van der Waals surface area contributed by atoms with Gasteiger partial charge in [-0.1, -0.05) is 6.07 Å². The first-order valence-corrected chi connectivity index (χ1v) is 9.57. The van der Waals surface area contributed by atoms with Gasteiger partial charge in [0.1, 0.15) is 5.58 Å². The van der Waals surface area contributed by atoms with Crippen molar-refractivity contribution in [2.45, 2.75) is 13.8 Å². The van der Waals surface area contributed by atoms with Crippen molar-refractivity contribution in [3.8, 4) is 17.3 Å². The third-order valence-electron chi connectivity index (χ3n) is 4.63. The number of Topliss-reactive ketones (excluding diaryl/α,β-unsaturated/α-hetero) is 1. The SMILES string of the molecule is CC(=O)Nc1ccc(C(=O)COc2c(-c3ccco3)oc3cc(C)ccc3c2=O)cc1. The smallest absolute Gasteiger partial charge is 0.235 e. The Morgan fingerprint density at radius 1 is 1.06 bits per heavy atom. The normalized spacial score (nSPS) is 10.8. The Kier molecular flexibility index (Phi) is 5.41. The highest BCUT2D eigenvalue weighted by Crippen LogP contribution is 2.31. The Morgan fingerprint density at radius 3 is 2.52 bits per heavy atom. The molecule has 7 nitrogen and oxygen atoms in total. The molecule has 1 N–H and O–H groups in total. The van der Waals surface area contributed by atoms with E-state index in [4.69, 9.17) is 13.6 Å². The van der Waals surface area contributed by atoms with Gasteiger partial charge >= 0.3 is 0 Å². The predicted molar refractivity (Wildman–Crippen MR) is 115 cm³/mol. The standard InChI is InChI=1S/C24H19NO6/c1-14-5-10-18-21(12-14)31-23(20-4-3-11-29-20)24(22(18)28)30-13-19(27)16-6-8-17(9-7-16)25-15(2)26/h3-12H,13H2,1-2H3,(H,25,26). The number of fused-ring (bicyclic) bond motifs is 1. The topological polar surface area (TPSA) is 98.8 Å². The summed E-state index contributed by atoms with van der Waals surface area (Å²) in [6.45, 7) is 2.93. The van der Waals surface area contributed by atoms with Crippen LogP contribution in [0.25, 0.3) is 22.5 Å². The number of carbonyl (C=O) groups excluding carboxylic acids is 2. The third kappa shape index (κ3) is 4.25. The Hall–Kier alpha value is -4.13. The number of rotatable bonds is 6. The van der Waals surface area contributed by atoms with E-state index in [-0.39, 0.29) is 35.2 Å². The van der Waals surface area contributed by atoms with Crippen molar-refractivity contribution < 1.29 is 23.2 Å². The highest BCUT2D eigenvalue weighted by Gasteiger charge is 2.21. The first kappa shape index (κ1) is 20.2. The number of amides is 1. The summed E-state index contributed by atoms with van der Waals surface area (Å²) in [4.78, 5) is 36.8. The Balaban J connectivity index is 1.64. The maximum atomic E-state index is 13.1. The second kappa shape index (κ2) is 8.31. The second-order valence-electron chi connectivity index (χ2n) is 7.04. The van der Waals surface area contributed by atoms with E-state index in [2.05, 4.69) is 5.32 Å². The summed E-state index contributed by atoms with van der Waals surface area (Å²) in [5, 5.41) is 2.98. The average Bonchev–Trinajstić information content (AvgIpc) is 3.27. The van der Waals surface area contributed by atoms with Crippen molar-refractivity contribution in [3.05, 3.63) is 82.2 Å². The molecular formula is C24H19NO6. The number of carbonyl (C=O) groups is 2. The van der Waals surface area contributed by atoms with E-state index in [1.807, 2.05) is 6.92 Å². The summed E-state index contributed by atoms with van der Waals surface area (Å²) in [6, 6.07) is 14.9. The van der Waals surface area contributed by atoms with Gasteiger partial charge in [-0.3, -0.25) is 14.4 Å². The molecule has 31 heavy (non-hydrogen) atoms. The number of anilines is 1. The van der Waals surface area contributed by atoms with E-state index in [0.717, 1.165) is 5.56 Å². The van der Waals surface area contributed by atoms with Crippen molar-refractivity contribution in [1.29, 1.82) is 0 Å². The molecule has 4 aromatic rings. The Bertz CT molecular complexity index is 1320. The van der Waals surface area contributed by atoms with Crippen molar-refractivity contribution >= 4 is 28.3 Å². The van der Waals surface area contributed by atoms with Gasteiger partial charge in [-0.2, -0.15) is 0 Å². The monoisotopic (exact) mass is 417 g/mol. The molecule has 2 aromatic heterocycles.